The summed E-state index contributed by atoms with van der Waals surface area (Å²) in [7, 11) is 0. The lowest BCUT2D eigenvalue weighted by Gasteiger charge is -2.35. The zero-order valence-corrected chi connectivity index (χ0v) is 20.0. The lowest BCUT2D eigenvalue weighted by atomic mass is 9.87. The molecule has 1 aliphatic heterocycles. The van der Waals surface area contributed by atoms with Gasteiger partial charge in [-0.3, -0.25) is 4.90 Å². The van der Waals surface area contributed by atoms with Gasteiger partial charge in [0.15, 0.2) is 0 Å². The fourth-order valence-electron chi connectivity index (χ4n) is 5.26. The molecule has 0 N–H and O–H groups in total. The highest BCUT2D eigenvalue weighted by atomic mass is 35.5. The maximum Gasteiger partial charge on any atom is 0.130 e. The van der Waals surface area contributed by atoms with E-state index in [0.717, 1.165) is 47.9 Å². The number of carbonyl (C=O) groups excluding carboxylic acids is 1. The Bertz CT molecular complexity index is 968. The number of ketones is 1. The zero-order valence-electron chi connectivity index (χ0n) is 19.3. The predicted molar refractivity (Wildman–Crippen MR) is 132 cm³/mol. The van der Waals surface area contributed by atoms with Crippen LogP contribution < -0.4 is 4.74 Å². The van der Waals surface area contributed by atoms with Gasteiger partial charge in [-0.05, 0) is 92.5 Å². The van der Waals surface area contributed by atoms with Crippen LogP contribution in [0.15, 0.2) is 49.0 Å². The Labute approximate surface area is 197 Å². The molecule has 2 aromatic carbocycles. The molecule has 0 spiro atoms. The first kappa shape index (κ1) is 23.1. The van der Waals surface area contributed by atoms with Crippen molar-refractivity contribution in [2.75, 3.05) is 13.2 Å². The fourth-order valence-corrected chi connectivity index (χ4v) is 5.46. The molecule has 4 rings (SSSR count). The summed E-state index contributed by atoms with van der Waals surface area (Å²) in [5.41, 5.74) is 4.97. The molecule has 0 aromatic heterocycles. The summed E-state index contributed by atoms with van der Waals surface area (Å²) in [6.07, 6.45) is 5.91. The van der Waals surface area contributed by atoms with Crippen molar-refractivity contribution in [1.82, 2.24) is 4.90 Å². The maximum absolute atomic E-state index is 11.2. The molecular formula is C28H34ClNO2. The van der Waals surface area contributed by atoms with Crippen LogP contribution in [-0.4, -0.2) is 35.9 Å². The van der Waals surface area contributed by atoms with Crippen molar-refractivity contribution >= 4 is 23.0 Å². The molecule has 1 fully saturated rings. The summed E-state index contributed by atoms with van der Waals surface area (Å²) in [5, 5.41) is 0.846. The quantitative estimate of drug-likeness (QED) is 0.467. The highest BCUT2D eigenvalue weighted by Gasteiger charge is 2.35. The number of hydrogen-bond donors (Lipinski definition) is 0. The topological polar surface area (TPSA) is 29.5 Å². The number of ether oxygens (including phenoxy) is 1. The van der Waals surface area contributed by atoms with E-state index >= 15 is 0 Å². The van der Waals surface area contributed by atoms with Gasteiger partial charge in [-0.2, -0.15) is 0 Å². The fraction of sp³-hybridized carbons (Fsp3) is 0.464. The largest absolute Gasteiger partial charge is 0.493 e. The maximum atomic E-state index is 11.2. The number of nitrogens with zero attached hydrogens (tertiary/aromatic N) is 1. The Morgan fingerprint density at radius 2 is 1.94 bits per heavy atom. The molecule has 0 bridgehead atoms. The zero-order chi connectivity index (χ0) is 22.7. The van der Waals surface area contributed by atoms with E-state index in [9.17, 15) is 4.79 Å². The molecule has 3 nitrogen and oxygen atoms in total. The van der Waals surface area contributed by atoms with Crippen LogP contribution in [0.4, 0.5) is 0 Å². The Kier molecular flexibility index (Phi) is 7.37. The smallest absolute Gasteiger partial charge is 0.130 e. The van der Waals surface area contributed by atoms with Crippen LogP contribution in [0, 0.1) is 5.92 Å². The Morgan fingerprint density at radius 3 is 2.69 bits per heavy atom. The van der Waals surface area contributed by atoms with Crippen LogP contribution in [0.5, 0.6) is 5.75 Å². The number of aryl methyl sites for hydroxylation is 1. The predicted octanol–water partition coefficient (Wildman–Crippen LogP) is 6.37. The van der Waals surface area contributed by atoms with E-state index in [4.69, 9.17) is 16.3 Å². The third-order valence-electron chi connectivity index (χ3n) is 7.08. The summed E-state index contributed by atoms with van der Waals surface area (Å²) in [6.45, 7) is 9.94. The third-order valence-corrected chi connectivity index (χ3v) is 7.31. The normalized spacial score (nSPS) is 23.0. The molecule has 170 valence electrons. The lowest BCUT2D eigenvalue weighted by Crippen LogP contribution is -2.41. The SMILES string of the molecule is C=C(CCC(C)=O)c1ccc(OC[C@H]2C[C@@H](C)N(C3CCc4ccc(Cl)cc4C3)C2)cc1. The minimum Gasteiger partial charge on any atom is -0.493 e. The molecule has 0 saturated carbocycles. The van der Waals surface area contributed by atoms with Gasteiger partial charge in [0.1, 0.15) is 11.5 Å². The van der Waals surface area contributed by atoms with Crippen LogP contribution in [-0.2, 0) is 17.6 Å². The number of rotatable bonds is 8. The Morgan fingerprint density at radius 1 is 1.16 bits per heavy atom. The van der Waals surface area contributed by atoms with Crippen LogP contribution in [0.2, 0.25) is 5.02 Å². The third kappa shape index (κ3) is 5.63. The molecule has 2 aliphatic rings. The minimum atomic E-state index is 0.201. The second kappa shape index (κ2) is 10.2. The van der Waals surface area contributed by atoms with Crippen LogP contribution >= 0.6 is 11.6 Å². The number of Topliss-reactive ketones (excluding diaryl/α,β-unsaturated/α-hetero) is 1. The Hall–Kier alpha value is -2.10. The minimum absolute atomic E-state index is 0.201. The van der Waals surface area contributed by atoms with Crippen molar-refractivity contribution in [1.29, 1.82) is 0 Å². The van der Waals surface area contributed by atoms with Gasteiger partial charge in [0.25, 0.3) is 0 Å². The van der Waals surface area contributed by atoms with Gasteiger partial charge < -0.3 is 9.53 Å². The molecule has 2 aromatic rings. The first-order valence-electron chi connectivity index (χ1n) is 11.8. The molecule has 0 amide bonds. The number of fused-ring (bicyclic) bond motifs is 1. The van der Waals surface area contributed by atoms with Crippen molar-refractivity contribution < 1.29 is 9.53 Å². The van der Waals surface area contributed by atoms with E-state index in [1.807, 2.05) is 30.3 Å². The highest BCUT2D eigenvalue weighted by Crippen LogP contribution is 2.33. The molecular weight excluding hydrogens is 418 g/mol. The highest BCUT2D eigenvalue weighted by molar-refractivity contribution is 6.30. The molecule has 3 atom stereocenters. The second-order valence-corrected chi connectivity index (χ2v) is 10.0. The van der Waals surface area contributed by atoms with Gasteiger partial charge in [0.05, 0.1) is 6.61 Å². The van der Waals surface area contributed by atoms with E-state index in [2.05, 4.69) is 30.5 Å². The van der Waals surface area contributed by atoms with Crippen molar-refractivity contribution in [3.05, 3.63) is 70.8 Å². The van der Waals surface area contributed by atoms with E-state index in [1.54, 1.807) is 6.92 Å². The number of carbonyl (C=O) groups is 1. The Balaban J connectivity index is 1.28. The molecule has 1 heterocycles. The van der Waals surface area contributed by atoms with Gasteiger partial charge in [-0.15, -0.1) is 0 Å². The van der Waals surface area contributed by atoms with Gasteiger partial charge in [0.2, 0.25) is 0 Å². The van der Waals surface area contributed by atoms with Crippen molar-refractivity contribution in [2.24, 2.45) is 5.92 Å². The van der Waals surface area contributed by atoms with E-state index in [1.165, 1.54) is 24.0 Å². The first-order valence-corrected chi connectivity index (χ1v) is 12.2. The van der Waals surface area contributed by atoms with Gasteiger partial charge in [-0.25, -0.2) is 0 Å². The molecule has 1 saturated heterocycles. The average Bonchev–Trinajstić information content (AvgIpc) is 3.16. The second-order valence-electron chi connectivity index (χ2n) is 9.60. The summed E-state index contributed by atoms with van der Waals surface area (Å²) >= 11 is 6.24. The number of benzene rings is 2. The summed E-state index contributed by atoms with van der Waals surface area (Å²) in [5.74, 6) is 1.66. The standard InChI is InChI=1S/C28H34ClNO2/c1-19(4-5-21(3)31)23-8-12-28(13-9-23)32-18-22-14-20(2)30(17-22)27-11-7-24-6-10-26(29)15-25(24)16-27/h6,8-10,12-13,15,20,22,27H,1,4-5,7,11,14,16-18H2,2-3H3/t20-,22+,27?/m1/s1. The number of allylic oxidation sites excluding steroid dienone is 1. The summed E-state index contributed by atoms with van der Waals surface area (Å²) < 4.78 is 6.15. The van der Waals surface area contributed by atoms with E-state index in [0.29, 0.717) is 30.8 Å². The first-order chi connectivity index (χ1) is 15.4. The number of hydrogen-bond acceptors (Lipinski definition) is 3. The molecule has 0 radical (unpaired) electrons. The lowest BCUT2D eigenvalue weighted by molar-refractivity contribution is -0.116. The van der Waals surface area contributed by atoms with Crippen molar-refractivity contribution in [3.63, 3.8) is 0 Å². The summed E-state index contributed by atoms with van der Waals surface area (Å²) in [4.78, 5) is 13.9. The number of halogens is 1. The van der Waals surface area contributed by atoms with Crippen LogP contribution in [0.1, 0.15) is 56.2 Å². The summed E-state index contributed by atoms with van der Waals surface area (Å²) in [6, 6.07) is 15.7. The number of likely N-dealkylation sites (tertiary alicyclic amines) is 1. The molecule has 1 aliphatic carbocycles. The molecule has 4 heteroatoms. The van der Waals surface area contributed by atoms with Crippen molar-refractivity contribution in [2.45, 2.75) is 64.5 Å². The van der Waals surface area contributed by atoms with Gasteiger partial charge in [0, 0.05) is 36.0 Å². The molecule has 32 heavy (non-hydrogen) atoms. The molecule has 1 unspecified atom stereocenters. The van der Waals surface area contributed by atoms with Crippen LogP contribution in [0.25, 0.3) is 5.57 Å². The van der Waals surface area contributed by atoms with Gasteiger partial charge in [-0.1, -0.05) is 36.4 Å². The van der Waals surface area contributed by atoms with E-state index in [-0.39, 0.29) is 5.78 Å². The average molecular weight is 452 g/mol. The van der Waals surface area contributed by atoms with Gasteiger partial charge >= 0.3 is 0 Å². The van der Waals surface area contributed by atoms with E-state index < -0.39 is 0 Å². The monoisotopic (exact) mass is 451 g/mol. The van der Waals surface area contributed by atoms with Crippen molar-refractivity contribution in [3.8, 4) is 5.75 Å². The van der Waals surface area contributed by atoms with Crippen LogP contribution in [0.3, 0.4) is 0 Å².